The summed E-state index contributed by atoms with van der Waals surface area (Å²) in [5.74, 6) is 0.669. The van der Waals surface area contributed by atoms with Crippen LogP contribution in [0.4, 0.5) is 0 Å². The minimum Gasteiger partial charge on any atom is -0.348 e. The highest BCUT2D eigenvalue weighted by molar-refractivity contribution is 5.78. The van der Waals surface area contributed by atoms with Gasteiger partial charge in [0.25, 0.3) is 0 Å². The van der Waals surface area contributed by atoms with Crippen LogP contribution >= 0.6 is 0 Å². The third-order valence-electron chi connectivity index (χ3n) is 5.86. The van der Waals surface area contributed by atoms with E-state index in [4.69, 9.17) is 0 Å². The van der Waals surface area contributed by atoms with Gasteiger partial charge in [0, 0.05) is 31.5 Å². The molecule has 1 amide bonds. The predicted molar refractivity (Wildman–Crippen MR) is 103 cm³/mol. The minimum atomic E-state index is 0.0514. The molecule has 4 heterocycles. The number of aromatic amines is 1. The van der Waals surface area contributed by atoms with Gasteiger partial charge in [0.1, 0.15) is 0 Å². The summed E-state index contributed by atoms with van der Waals surface area (Å²) in [6, 6.07) is 4.77. The summed E-state index contributed by atoms with van der Waals surface area (Å²) in [7, 11) is 0. The number of rotatable bonds is 6. The Bertz CT molecular complexity index is 730. The molecule has 0 aliphatic carbocycles. The molecule has 1 unspecified atom stereocenters. The molecule has 2 N–H and O–H groups in total. The number of carbonyl (C=O) groups excluding carboxylic acids is 1. The van der Waals surface area contributed by atoms with E-state index in [1.54, 1.807) is 0 Å². The summed E-state index contributed by atoms with van der Waals surface area (Å²) >= 11 is 0. The van der Waals surface area contributed by atoms with Crippen molar-refractivity contribution >= 4 is 5.91 Å². The lowest BCUT2D eigenvalue weighted by Crippen LogP contribution is -2.50. The van der Waals surface area contributed by atoms with Gasteiger partial charge >= 0.3 is 0 Å². The van der Waals surface area contributed by atoms with Crippen LogP contribution in [0.5, 0.6) is 0 Å². The molecule has 4 rings (SSSR count). The van der Waals surface area contributed by atoms with E-state index in [2.05, 4.69) is 52.9 Å². The molecular weight excluding hydrogens is 356 g/mol. The summed E-state index contributed by atoms with van der Waals surface area (Å²) in [5.41, 5.74) is 1.32. The van der Waals surface area contributed by atoms with Crippen molar-refractivity contribution in [1.29, 1.82) is 0 Å². The second kappa shape index (κ2) is 9.20. The summed E-state index contributed by atoms with van der Waals surface area (Å²) in [4.78, 5) is 21.7. The molecule has 0 saturated carbocycles. The number of nitrogens with zero attached hydrogens (tertiary/aromatic N) is 6. The van der Waals surface area contributed by atoms with E-state index in [0.29, 0.717) is 18.4 Å². The van der Waals surface area contributed by atoms with E-state index >= 15 is 0 Å². The molecule has 0 spiro atoms. The Morgan fingerprint density at radius 2 is 2.00 bits per heavy atom. The second-order valence-corrected chi connectivity index (χ2v) is 7.74. The third-order valence-corrected chi connectivity index (χ3v) is 5.86. The largest absolute Gasteiger partial charge is 0.348 e. The van der Waals surface area contributed by atoms with Gasteiger partial charge in [-0.05, 0) is 63.0 Å². The average Bonchev–Trinajstić information content (AvgIpc) is 3.27. The number of aromatic nitrogens is 5. The van der Waals surface area contributed by atoms with Crippen LogP contribution in [0, 0.1) is 5.92 Å². The monoisotopic (exact) mass is 384 g/mol. The van der Waals surface area contributed by atoms with Gasteiger partial charge in [-0.3, -0.25) is 19.6 Å². The Morgan fingerprint density at radius 3 is 2.75 bits per heavy atom. The van der Waals surface area contributed by atoms with E-state index in [9.17, 15) is 4.79 Å². The standard InChI is InChI=1S/C19H28N8O/c28-19(21-12-18-22-24-25-23-18)16-2-1-9-27(14-16)17-5-10-26(11-6-17)13-15-3-7-20-8-4-15/h3-4,7-8,16-17H,1-2,5-6,9-14H2,(H,21,28)(H,22,23,24,25). The lowest BCUT2D eigenvalue weighted by molar-refractivity contribution is -0.127. The van der Waals surface area contributed by atoms with E-state index < -0.39 is 0 Å². The van der Waals surface area contributed by atoms with Gasteiger partial charge in [-0.2, -0.15) is 5.21 Å². The highest BCUT2D eigenvalue weighted by Gasteiger charge is 2.31. The highest BCUT2D eigenvalue weighted by atomic mass is 16.1. The quantitative estimate of drug-likeness (QED) is 0.751. The molecule has 2 saturated heterocycles. The minimum absolute atomic E-state index is 0.0514. The molecule has 2 aromatic heterocycles. The zero-order chi connectivity index (χ0) is 19.2. The van der Waals surface area contributed by atoms with Gasteiger partial charge in [0.15, 0.2) is 5.82 Å². The van der Waals surface area contributed by atoms with Gasteiger partial charge < -0.3 is 5.32 Å². The van der Waals surface area contributed by atoms with Crippen molar-refractivity contribution in [3.63, 3.8) is 0 Å². The maximum Gasteiger partial charge on any atom is 0.224 e. The number of nitrogens with one attached hydrogen (secondary N) is 2. The molecule has 9 nitrogen and oxygen atoms in total. The van der Waals surface area contributed by atoms with E-state index in [0.717, 1.165) is 45.6 Å². The molecule has 28 heavy (non-hydrogen) atoms. The molecule has 2 aliphatic heterocycles. The number of amides is 1. The highest BCUT2D eigenvalue weighted by Crippen LogP contribution is 2.24. The van der Waals surface area contributed by atoms with E-state index in [1.807, 2.05) is 12.4 Å². The van der Waals surface area contributed by atoms with Crippen LogP contribution in [0.25, 0.3) is 0 Å². The molecule has 0 bridgehead atoms. The predicted octanol–water partition coefficient (Wildman–Crippen LogP) is 0.587. The smallest absolute Gasteiger partial charge is 0.224 e. The molecule has 2 fully saturated rings. The van der Waals surface area contributed by atoms with Gasteiger partial charge in [0.05, 0.1) is 12.5 Å². The van der Waals surface area contributed by atoms with Crippen molar-refractivity contribution < 1.29 is 4.79 Å². The number of H-pyrrole nitrogens is 1. The number of tetrazole rings is 1. The molecule has 0 aromatic carbocycles. The Kier molecular flexibility index (Phi) is 6.23. The molecule has 2 aliphatic rings. The summed E-state index contributed by atoms with van der Waals surface area (Å²) in [6.07, 6.45) is 8.09. The zero-order valence-corrected chi connectivity index (χ0v) is 16.1. The maximum absolute atomic E-state index is 12.5. The van der Waals surface area contributed by atoms with Crippen LogP contribution < -0.4 is 5.32 Å². The Morgan fingerprint density at radius 1 is 1.18 bits per heavy atom. The molecule has 0 radical (unpaired) electrons. The average molecular weight is 384 g/mol. The first kappa shape index (κ1) is 18.9. The number of carbonyl (C=O) groups is 1. The molecule has 9 heteroatoms. The van der Waals surface area contributed by atoms with Gasteiger partial charge in [-0.25, -0.2) is 0 Å². The molecule has 2 aromatic rings. The van der Waals surface area contributed by atoms with Crippen molar-refractivity contribution in [1.82, 2.24) is 40.7 Å². The lowest BCUT2D eigenvalue weighted by Gasteiger charge is -2.42. The SMILES string of the molecule is O=C(NCc1nn[nH]n1)C1CCCN(C2CCN(Cc3ccncc3)CC2)C1. The Labute approximate surface area is 164 Å². The number of hydrogen-bond donors (Lipinski definition) is 2. The first-order valence-corrected chi connectivity index (χ1v) is 10.1. The third kappa shape index (κ3) is 4.90. The number of pyridine rings is 1. The van der Waals surface area contributed by atoms with Gasteiger partial charge in [-0.15, -0.1) is 10.2 Å². The van der Waals surface area contributed by atoms with Crippen LogP contribution in [0.15, 0.2) is 24.5 Å². The van der Waals surface area contributed by atoms with Crippen molar-refractivity contribution in [2.75, 3.05) is 26.2 Å². The van der Waals surface area contributed by atoms with E-state index in [-0.39, 0.29) is 11.8 Å². The van der Waals surface area contributed by atoms with Gasteiger partial charge in [0.2, 0.25) is 5.91 Å². The fourth-order valence-corrected chi connectivity index (χ4v) is 4.31. The Balaban J connectivity index is 1.23. The first-order valence-electron chi connectivity index (χ1n) is 10.1. The van der Waals surface area contributed by atoms with Crippen LogP contribution in [0.1, 0.15) is 37.1 Å². The number of hydrogen-bond acceptors (Lipinski definition) is 7. The number of piperidine rings is 2. The van der Waals surface area contributed by atoms with Crippen LogP contribution in [0.2, 0.25) is 0 Å². The van der Waals surface area contributed by atoms with E-state index in [1.165, 1.54) is 18.4 Å². The first-order chi connectivity index (χ1) is 13.8. The fraction of sp³-hybridized carbons (Fsp3) is 0.632. The van der Waals surface area contributed by atoms with Crippen LogP contribution in [0.3, 0.4) is 0 Å². The van der Waals surface area contributed by atoms with Crippen molar-refractivity contribution in [3.05, 3.63) is 35.9 Å². The van der Waals surface area contributed by atoms with Crippen molar-refractivity contribution in [2.45, 2.75) is 44.8 Å². The maximum atomic E-state index is 12.5. The molecule has 150 valence electrons. The second-order valence-electron chi connectivity index (χ2n) is 7.74. The zero-order valence-electron chi connectivity index (χ0n) is 16.1. The van der Waals surface area contributed by atoms with Crippen molar-refractivity contribution in [3.8, 4) is 0 Å². The summed E-state index contributed by atoms with van der Waals surface area (Å²) in [6.45, 7) is 5.50. The van der Waals surface area contributed by atoms with Gasteiger partial charge in [-0.1, -0.05) is 5.21 Å². The topological polar surface area (TPSA) is 103 Å². The summed E-state index contributed by atoms with van der Waals surface area (Å²) < 4.78 is 0. The number of likely N-dealkylation sites (tertiary alicyclic amines) is 2. The molecular formula is C19H28N8O. The van der Waals surface area contributed by atoms with Crippen LogP contribution in [-0.4, -0.2) is 73.5 Å². The van der Waals surface area contributed by atoms with Crippen molar-refractivity contribution in [2.24, 2.45) is 5.92 Å². The lowest BCUT2D eigenvalue weighted by atomic mass is 9.93. The fourth-order valence-electron chi connectivity index (χ4n) is 4.31. The normalized spacial score (nSPS) is 22.2. The Hall–Kier alpha value is -2.39. The summed E-state index contributed by atoms with van der Waals surface area (Å²) in [5, 5.41) is 16.6. The van der Waals surface area contributed by atoms with Crippen LogP contribution in [-0.2, 0) is 17.9 Å². The molecule has 1 atom stereocenters.